The predicted molar refractivity (Wildman–Crippen MR) is 69.7 cm³/mol. The van der Waals surface area contributed by atoms with Gasteiger partial charge in [0.15, 0.2) is 0 Å². The topological polar surface area (TPSA) is 47.3 Å². The van der Waals surface area contributed by atoms with Gasteiger partial charge in [0.25, 0.3) is 0 Å². The van der Waals surface area contributed by atoms with Crippen molar-refractivity contribution in [2.24, 2.45) is 11.8 Å². The lowest BCUT2D eigenvalue weighted by Gasteiger charge is -2.25. The van der Waals surface area contributed by atoms with Crippen molar-refractivity contribution in [3.8, 4) is 0 Å². The molecular formula is C13H18ClFN2O. The zero-order valence-electron chi connectivity index (χ0n) is 10.3. The molecule has 3 nitrogen and oxygen atoms in total. The molecule has 5 heteroatoms. The van der Waals surface area contributed by atoms with E-state index in [9.17, 15) is 4.39 Å². The van der Waals surface area contributed by atoms with Gasteiger partial charge in [0.2, 0.25) is 0 Å². The van der Waals surface area contributed by atoms with E-state index in [1.54, 1.807) is 12.1 Å². The highest BCUT2D eigenvalue weighted by Crippen LogP contribution is 2.25. The fourth-order valence-electron chi connectivity index (χ4n) is 2.43. The second-order valence-electron chi connectivity index (χ2n) is 4.81. The summed E-state index contributed by atoms with van der Waals surface area (Å²) in [6.07, 6.45) is 1.55. The highest BCUT2D eigenvalue weighted by molar-refractivity contribution is 6.30. The minimum absolute atomic E-state index is 0.0325. The Hall–Kier alpha value is -0.680. The Balaban J connectivity index is 2.10. The summed E-state index contributed by atoms with van der Waals surface area (Å²) in [5.74, 6) is 5.70. The minimum Gasteiger partial charge on any atom is -0.376 e. The standard InChI is InChI=1S/C13H18ClFN2O/c1-8-4-5-18-13(8)12(17-16)6-9-2-3-10(14)7-11(9)15/h2-3,7-8,12-13,17H,4-6,16H2,1H3. The van der Waals surface area contributed by atoms with Crippen molar-refractivity contribution < 1.29 is 9.13 Å². The molecule has 2 rings (SSSR count). The third kappa shape index (κ3) is 3.01. The largest absolute Gasteiger partial charge is 0.376 e. The SMILES string of the molecule is CC1CCOC1C(Cc1ccc(Cl)cc1F)NN. The molecule has 0 amide bonds. The van der Waals surface area contributed by atoms with E-state index in [1.165, 1.54) is 6.07 Å². The Labute approximate surface area is 111 Å². The molecule has 0 saturated carbocycles. The van der Waals surface area contributed by atoms with Crippen LogP contribution in [0.15, 0.2) is 18.2 Å². The van der Waals surface area contributed by atoms with Crippen LogP contribution >= 0.6 is 11.6 Å². The van der Waals surface area contributed by atoms with Gasteiger partial charge in [-0.3, -0.25) is 11.3 Å². The molecule has 3 unspecified atom stereocenters. The first-order valence-corrected chi connectivity index (χ1v) is 6.51. The van der Waals surface area contributed by atoms with Gasteiger partial charge in [0, 0.05) is 11.6 Å². The van der Waals surface area contributed by atoms with Crippen LogP contribution in [-0.4, -0.2) is 18.8 Å². The number of ether oxygens (including phenoxy) is 1. The molecule has 0 radical (unpaired) electrons. The predicted octanol–water partition coefficient (Wildman–Crippen LogP) is 2.28. The Bertz CT molecular complexity index is 416. The van der Waals surface area contributed by atoms with Crippen LogP contribution in [0.2, 0.25) is 5.02 Å². The van der Waals surface area contributed by atoms with Crippen LogP contribution in [0.4, 0.5) is 4.39 Å². The molecule has 1 fully saturated rings. The lowest BCUT2D eigenvalue weighted by atomic mass is 9.93. The zero-order valence-corrected chi connectivity index (χ0v) is 11.1. The number of hydrazine groups is 1. The van der Waals surface area contributed by atoms with Crippen molar-refractivity contribution in [3.63, 3.8) is 0 Å². The maximum atomic E-state index is 13.7. The summed E-state index contributed by atoms with van der Waals surface area (Å²) in [6, 6.07) is 4.62. The number of rotatable bonds is 4. The Morgan fingerprint density at radius 2 is 2.39 bits per heavy atom. The molecule has 1 aromatic rings. The lowest BCUT2D eigenvalue weighted by molar-refractivity contribution is 0.0608. The third-order valence-corrected chi connectivity index (χ3v) is 3.75. The summed E-state index contributed by atoms with van der Waals surface area (Å²) in [4.78, 5) is 0. The molecule has 0 aliphatic carbocycles. The number of hydrogen-bond acceptors (Lipinski definition) is 3. The van der Waals surface area contributed by atoms with Crippen molar-refractivity contribution >= 4 is 11.6 Å². The second kappa shape index (κ2) is 5.97. The Morgan fingerprint density at radius 3 is 2.94 bits per heavy atom. The molecule has 1 aromatic carbocycles. The summed E-state index contributed by atoms with van der Waals surface area (Å²) in [5.41, 5.74) is 3.34. The molecule has 1 saturated heterocycles. The molecule has 100 valence electrons. The van der Waals surface area contributed by atoms with Crippen LogP contribution in [0.3, 0.4) is 0 Å². The highest BCUT2D eigenvalue weighted by atomic mass is 35.5. The van der Waals surface area contributed by atoms with Gasteiger partial charge in [-0.05, 0) is 36.5 Å². The molecule has 1 aliphatic heterocycles. The van der Waals surface area contributed by atoms with Crippen LogP contribution in [0, 0.1) is 11.7 Å². The van der Waals surface area contributed by atoms with Crippen molar-refractivity contribution in [3.05, 3.63) is 34.6 Å². The highest BCUT2D eigenvalue weighted by Gasteiger charge is 2.31. The van der Waals surface area contributed by atoms with Gasteiger partial charge in [-0.2, -0.15) is 0 Å². The normalized spacial score (nSPS) is 25.3. The van der Waals surface area contributed by atoms with Crippen molar-refractivity contribution in [2.75, 3.05) is 6.61 Å². The lowest BCUT2D eigenvalue weighted by Crippen LogP contribution is -2.47. The van der Waals surface area contributed by atoms with Gasteiger partial charge in [-0.1, -0.05) is 24.6 Å². The van der Waals surface area contributed by atoms with Crippen LogP contribution in [0.5, 0.6) is 0 Å². The van der Waals surface area contributed by atoms with Crippen LogP contribution < -0.4 is 11.3 Å². The molecule has 0 spiro atoms. The molecule has 0 aromatic heterocycles. The van der Waals surface area contributed by atoms with Gasteiger partial charge < -0.3 is 4.74 Å². The third-order valence-electron chi connectivity index (χ3n) is 3.51. The molecule has 1 heterocycles. The fourth-order valence-corrected chi connectivity index (χ4v) is 2.58. The van der Waals surface area contributed by atoms with Crippen LogP contribution in [0.25, 0.3) is 0 Å². The monoisotopic (exact) mass is 272 g/mol. The minimum atomic E-state index is -0.298. The van der Waals surface area contributed by atoms with Gasteiger partial charge in [-0.15, -0.1) is 0 Å². The molecule has 0 bridgehead atoms. The summed E-state index contributed by atoms with van der Waals surface area (Å²) in [7, 11) is 0. The Morgan fingerprint density at radius 1 is 1.61 bits per heavy atom. The van der Waals surface area contributed by atoms with Gasteiger partial charge in [-0.25, -0.2) is 4.39 Å². The van der Waals surface area contributed by atoms with Crippen molar-refractivity contribution in [1.29, 1.82) is 0 Å². The van der Waals surface area contributed by atoms with E-state index in [0.717, 1.165) is 13.0 Å². The fraction of sp³-hybridized carbons (Fsp3) is 0.538. The molecule has 18 heavy (non-hydrogen) atoms. The molecule has 3 atom stereocenters. The summed E-state index contributed by atoms with van der Waals surface area (Å²) >= 11 is 5.73. The summed E-state index contributed by atoms with van der Waals surface area (Å²) in [5, 5.41) is 0.402. The van der Waals surface area contributed by atoms with Crippen LogP contribution in [0.1, 0.15) is 18.9 Å². The van der Waals surface area contributed by atoms with Crippen LogP contribution in [-0.2, 0) is 11.2 Å². The number of benzene rings is 1. The van der Waals surface area contributed by atoms with E-state index in [0.29, 0.717) is 22.9 Å². The first kappa shape index (κ1) is 13.7. The number of nitrogens with two attached hydrogens (primary N) is 1. The maximum absolute atomic E-state index is 13.7. The number of nitrogens with one attached hydrogen (secondary N) is 1. The second-order valence-corrected chi connectivity index (χ2v) is 5.25. The molecule has 3 N–H and O–H groups in total. The Kier molecular flexibility index (Phi) is 4.56. The van der Waals surface area contributed by atoms with E-state index >= 15 is 0 Å². The average molecular weight is 273 g/mol. The molecule has 1 aliphatic rings. The van der Waals surface area contributed by atoms with Gasteiger partial charge in [0.05, 0.1) is 12.1 Å². The first-order chi connectivity index (χ1) is 8.61. The maximum Gasteiger partial charge on any atom is 0.127 e. The van der Waals surface area contributed by atoms with E-state index in [4.69, 9.17) is 22.2 Å². The number of halogens is 2. The van der Waals surface area contributed by atoms with E-state index in [1.807, 2.05) is 0 Å². The van der Waals surface area contributed by atoms with E-state index in [-0.39, 0.29) is 18.0 Å². The van der Waals surface area contributed by atoms with E-state index in [2.05, 4.69) is 12.3 Å². The number of hydrogen-bond donors (Lipinski definition) is 2. The van der Waals surface area contributed by atoms with Crippen molar-refractivity contribution in [2.45, 2.75) is 31.9 Å². The smallest absolute Gasteiger partial charge is 0.127 e. The molecular weight excluding hydrogens is 255 g/mol. The summed E-state index contributed by atoms with van der Waals surface area (Å²) < 4.78 is 19.4. The average Bonchev–Trinajstić information content (AvgIpc) is 2.75. The van der Waals surface area contributed by atoms with Crippen molar-refractivity contribution in [1.82, 2.24) is 5.43 Å². The quantitative estimate of drug-likeness (QED) is 0.653. The summed E-state index contributed by atoms with van der Waals surface area (Å²) in [6.45, 7) is 2.87. The van der Waals surface area contributed by atoms with Gasteiger partial charge >= 0.3 is 0 Å². The van der Waals surface area contributed by atoms with Gasteiger partial charge in [0.1, 0.15) is 5.82 Å². The van der Waals surface area contributed by atoms with E-state index < -0.39 is 0 Å². The first-order valence-electron chi connectivity index (χ1n) is 6.13. The zero-order chi connectivity index (χ0) is 13.1.